The lowest BCUT2D eigenvalue weighted by Gasteiger charge is -2.06. The highest BCUT2D eigenvalue weighted by Crippen LogP contribution is 2.31. The van der Waals surface area contributed by atoms with Crippen molar-refractivity contribution in [2.75, 3.05) is 7.11 Å². The van der Waals surface area contributed by atoms with Gasteiger partial charge in [-0.2, -0.15) is 0 Å². The van der Waals surface area contributed by atoms with E-state index in [2.05, 4.69) is 4.98 Å². The van der Waals surface area contributed by atoms with Crippen LogP contribution in [0.2, 0.25) is 0 Å². The second kappa shape index (κ2) is 4.00. The fourth-order valence-corrected chi connectivity index (χ4v) is 1.40. The van der Waals surface area contributed by atoms with E-state index in [1.807, 2.05) is 12.1 Å². The first kappa shape index (κ1) is 9.52. The van der Waals surface area contributed by atoms with Crippen LogP contribution < -0.4 is 4.74 Å². The fourth-order valence-electron chi connectivity index (χ4n) is 1.40. The summed E-state index contributed by atoms with van der Waals surface area (Å²) in [5, 5.41) is 9.71. The maximum absolute atomic E-state index is 9.71. The lowest BCUT2D eigenvalue weighted by Crippen LogP contribution is -1.85. The van der Waals surface area contributed by atoms with E-state index in [1.54, 1.807) is 37.7 Å². The molecule has 0 aliphatic carbocycles. The number of pyridine rings is 1. The average molecular weight is 201 g/mol. The van der Waals surface area contributed by atoms with Gasteiger partial charge in [0.1, 0.15) is 11.5 Å². The molecule has 0 fully saturated rings. The third-order valence-corrected chi connectivity index (χ3v) is 2.20. The van der Waals surface area contributed by atoms with Gasteiger partial charge in [-0.05, 0) is 35.9 Å². The molecule has 2 aromatic rings. The Morgan fingerprint density at radius 2 is 1.87 bits per heavy atom. The van der Waals surface area contributed by atoms with Crippen LogP contribution in [-0.4, -0.2) is 17.2 Å². The second-order valence-electron chi connectivity index (χ2n) is 3.12. The maximum Gasteiger partial charge on any atom is 0.123 e. The molecule has 15 heavy (non-hydrogen) atoms. The molecular formula is C12H11NO2. The molecule has 0 spiro atoms. The predicted octanol–water partition coefficient (Wildman–Crippen LogP) is 2.46. The summed E-state index contributed by atoms with van der Waals surface area (Å²) in [6.45, 7) is 0. The molecule has 0 aliphatic heterocycles. The van der Waals surface area contributed by atoms with Crippen molar-refractivity contribution >= 4 is 0 Å². The van der Waals surface area contributed by atoms with Crippen molar-refractivity contribution in [3.8, 4) is 22.6 Å². The summed E-state index contributed by atoms with van der Waals surface area (Å²) in [5.74, 6) is 0.960. The van der Waals surface area contributed by atoms with Crippen molar-refractivity contribution < 1.29 is 9.84 Å². The summed E-state index contributed by atoms with van der Waals surface area (Å²) < 4.78 is 5.10. The smallest absolute Gasteiger partial charge is 0.123 e. The Balaban J connectivity index is 2.52. The van der Waals surface area contributed by atoms with Crippen LogP contribution in [0.25, 0.3) is 11.1 Å². The number of nitrogens with zero attached hydrogens (tertiary/aromatic N) is 1. The number of phenols is 1. The van der Waals surface area contributed by atoms with Gasteiger partial charge in [-0.25, -0.2) is 0 Å². The van der Waals surface area contributed by atoms with E-state index in [-0.39, 0.29) is 5.75 Å². The maximum atomic E-state index is 9.71. The van der Waals surface area contributed by atoms with Crippen molar-refractivity contribution in [3.63, 3.8) is 0 Å². The topological polar surface area (TPSA) is 42.4 Å². The predicted molar refractivity (Wildman–Crippen MR) is 57.9 cm³/mol. The van der Waals surface area contributed by atoms with Crippen molar-refractivity contribution in [2.24, 2.45) is 0 Å². The van der Waals surface area contributed by atoms with Crippen molar-refractivity contribution in [3.05, 3.63) is 42.7 Å². The molecule has 0 atom stereocenters. The largest absolute Gasteiger partial charge is 0.507 e. The quantitative estimate of drug-likeness (QED) is 0.811. The summed E-state index contributed by atoms with van der Waals surface area (Å²) in [6.07, 6.45) is 3.38. The Morgan fingerprint density at radius 3 is 2.53 bits per heavy atom. The van der Waals surface area contributed by atoms with Crippen LogP contribution in [0.5, 0.6) is 11.5 Å². The summed E-state index contributed by atoms with van der Waals surface area (Å²) in [4.78, 5) is 3.93. The van der Waals surface area contributed by atoms with Gasteiger partial charge < -0.3 is 9.84 Å². The van der Waals surface area contributed by atoms with Gasteiger partial charge in [0.15, 0.2) is 0 Å². The molecule has 1 aromatic carbocycles. The molecule has 0 saturated heterocycles. The van der Waals surface area contributed by atoms with Gasteiger partial charge in [0, 0.05) is 18.0 Å². The van der Waals surface area contributed by atoms with E-state index in [1.165, 1.54) is 0 Å². The van der Waals surface area contributed by atoms with E-state index >= 15 is 0 Å². The van der Waals surface area contributed by atoms with Crippen LogP contribution in [0.1, 0.15) is 0 Å². The van der Waals surface area contributed by atoms with Gasteiger partial charge >= 0.3 is 0 Å². The number of benzene rings is 1. The molecule has 1 N–H and O–H groups in total. The zero-order chi connectivity index (χ0) is 10.7. The second-order valence-corrected chi connectivity index (χ2v) is 3.12. The average Bonchev–Trinajstić information content (AvgIpc) is 2.31. The molecule has 2 rings (SSSR count). The first-order chi connectivity index (χ1) is 7.31. The van der Waals surface area contributed by atoms with Crippen LogP contribution in [0.15, 0.2) is 42.7 Å². The van der Waals surface area contributed by atoms with Crippen molar-refractivity contribution in [2.45, 2.75) is 0 Å². The Bertz CT molecular complexity index is 454. The molecule has 0 bridgehead atoms. The highest BCUT2D eigenvalue weighted by Gasteiger charge is 2.05. The minimum atomic E-state index is 0.238. The first-order valence-electron chi connectivity index (χ1n) is 4.58. The van der Waals surface area contributed by atoms with E-state index in [4.69, 9.17) is 4.74 Å². The molecule has 0 aliphatic rings. The molecule has 0 saturated carbocycles. The summed E-state index contributed by atoms with van der Waals surface area (Å²) >= 11 is 0. The van der Waals surface area contributed by atoms with Crippen LogP contribution in [0.4, 0.5) is 0 Å². The molecule has 76 valence electrons. The van der Waals surface area contributed by atoms with E-state index < -0.39 is 0 Å². The van der Waals surface area contributed by atoms with E-state index in [0.717, 1.165) is 16.9 Å². The Kier molecular flexibility index (Phi) is 2.54. The number of aromatic hydroxyl groups is 1. The number of hydrogen-bond donors (Lipinski definition) is 1. The van der Waals surface area contributed by atoms with Gasteiger partial charge in [-0.15, -0.1) is 0 Å². The molecule has 1 heterocycles. The zero-order valence-corrected chi connectivity index (χ0v) is 8.34. The highest BCUT2D eigenvalue weighted by atomic mass is 16.5. The Labute approximate surface area is 88.0 Å². The van der Waals surface area contributed by atoms with Gasteiger partial charge in [-0.1, -0.05) is 0 Å². The zero-order valence-electron chi connectivity index (χ0n) is 8.34. The minimum Gasteiger partial charge on any atom is -0.507 e. The number of aromatic nitrogens is 1. The summed E-state index contributed by atoms with van der Waals surface area (Å²) in [7, 11) is 1.60. The monoisotopic (exact) mass is 201 g/mol. The number of rotatable bonds is 2. The molecule has 3 heteroatoms. The van der Waals surface area contributed by atoms with Crippen LogP contribution in [0.3, 0.4) is 0 Å². The Morgan fingerprint density at radius 1 is 1.13 bits per heavy atom. The van der Waals surface area contributed by atoms with Gasteiger partial charge in [-0.3, -0.25) is 4.98 Å². The molecule has 0 radical (unpaired) electrons. The third kappa shape index (κ3) is 1.91. The SMILES string of the molecule is COc1ccc(O)c(-c2ccncc2)c1. The van der Waals surface area contributed by atoms with Crippen LogP contribution in [-0.2, 0) is 0 Å². The fraction of sp³-hybridized carbons (Fsp3) is 0.0833. The van der Waals surface area contributed by atoms with E-state index in [9.17, 15) is 5.11 Å². The molecule has 1 aromatic heterocycles. The molecule has 0 amide bonds. The van der Waals surface area contributed by atoms with Crippen molar-refractivity contribution in [1.82, 2.24) is 4.98 Å². The molecular weight excluding hydrogens is 190 g/mol. The van der Waals surface area contributed by atoms with Gasteiger partial charge in [0.2, 0.25) is 0 Å². The minimum absolute atomic E-state index is 0.238. The van der Waals surface area contributed by atoms with Gasteiger partial charge in [0.25, 0.3) is 0 Å². The molecule has 3 nitrogen and oxygen atoms in total. The number of hydrogen-bond acceptors (Lipinski definition) is 3. The number of methoxy groups -OCH3 is 1. The number of ether oxygens (including phenoxy) is 1. The molecule has 0 unspecified atom stereocenters. The lowest BCUT2D eigenvalue weighted by atomic mass is 10.1. The standard InChI is InChI=1S/C12H11NO2/c1-15-10-2-3-12(14)11(8-10)9-4-6-13-7-5-9/h2-8,14H,1H3. The van der Waals surface area contributed by atoms with Crippen LogP contribution in [0, 0.1) is 0 Å². The lowest BCUT2D eigenvalue weighted by molar-refractivity contribution is 0.412. The van der Waals surface area contributed by atoms with Crippen LogP contribution >= 0.6 is 0 Å². The summed E-state index contributed by atoms with van der Waals surface area (Å²) in [6, 6.07) is 8.82. The highest BCUT2D eigenvalue weighted by molar-refractivity contribution is 5.71. The summed E-state index contributed by atoms with van der Waals surface area (Å²) in [5.41, 5.74) is 1.66. The number of phenolic OH excluding ortho intramolecular Hbond substituents is 1. The first-order valence-corrected chi connectivity index (χ1v) is 4.58. The van der Waals surface area contributed by atoms with Crippen molar-refractivity contribution in [1.29, 1.82) is 0 Å². The normalized spacial score (nSPS) is 9.93. The van der Waals surface area contributed by atoms with Gasteiger partial charge in [0.05, 0.1) is 7.11 Å². The Hall–Kier alpha value is -2.03. The third-order valence-electron chi connectivity index (χ3n) is 2.20. The van der Waals surface area contributed by atoms with E-state index in [0.29, 0.717) is 0 Å².